The molecule has 0 aliphatic carbocycles. The van der Waals surface area contributed by atoms with Gasteiger partial charge in [0.25, 0.3) is 0 Å². The molecule has 1 atom stereocenters. The molecular formula is C14H24N2S. The molecule has 0 fully saturated rings. The number of hydrogen-bond donors (Lipinski definition) is 1. The summed E-state index contributed by atoms with van der Waals surface area (Å²) in [5.74, 6) is 1.71. The van der Waals surface area contributed by atoms with Crippen LogP contribution in [0.1, 0.15) is 20.3 Å². The lowest BCUT2D eigenvalue weighted by Gasteiger charge is -2.24. The Hall–Kier alpha value is -0.670. The van der Waals surface area contributed by atoms with Crippen LogP contribution < -0.4 is 10.6 Å². The molecule has 3 heteroatoms. The van der Waals surface area contributed by atoms with Crippen LogP contribution in [-0.2, 0) is 0 Å². The third-order valence-electron chi connectivity index (χ3n) is 3.03. The number of nitrogens with two attached hydrogens (primary N) is 1. The van der Waals surface area contributed by atoms with Crippen molar-refractivity contribution in [3.63, 3.8) is 0 Å². The van der Waals surface area contributed by atoms with Crippen LogP contribution in [0, 0.1) is 5.92 Å². The van der Waals surface area contributed by atoms with Crippen molar-refractivity contribution in [3.8, 4) is 0 Å². The van der Waals surface area contributed by atoms with Crippen LogP contribution in [0.5, 0.6) is 0 Å². The van der Waals surface area contributed by atoms with Gasteiger partial charge < -0.3 is 10.6 Å². The van der Waals surface area contributed by atoms with Crippen LogP contribution >= 0.6 is 11.8 Å². The van der Waals surface area contributed by atoms with Gasteiger partial charge in [-0.25, -0.2) is 0 Å². The number of anilines is 1. The number of nitrogens with zero attached hydrogens (tertiary/aromatic N) is 1. The summed E-state index contributed by atoms with van der Waals surface area (Å²) < 4.78 is 0. The molecule has 2 N–H and O–H groups in total. The smallest absolute Gasteiger partial charge is 0.0364 e. The fourth-order valence-electron chi connectivity index (χ4n) is 1.83. The zero-order valence-corrected chi connectivity index (χ0v) is 12.0. The molecule has 0 amide bonds. The first-order valence-corrected chi connectivity index (χ1v) is 7.33. The predicted molar refractivity (Wildman–Crippen MR) is 78.9 cm³/mol. The Morgan fingerprint density at radius 3 is 2.35 bits per heavy atom. The zero-order valence-electron chi connectivity index (χ0n) is 11.1. The Labute approximate surface area is 110 Å². The van der Waals surface area contributed by atoms with Gasteiger partial charge in [-0.15, -0.1) is 11.8 Å². The molecule has 0 spiro atoms. The van der Waals surface area contributed by atoms with Gasteiger partial charge in [0.15, 0.2) is 0 Å². The molecule has 1 aromatic rings. The molecule has 1 unspecified atom stereocenters. The standard InChI is InChI=1S/C14H24N2S/c1-4-12(10-15)11-16(3)13-6-8-14(9-7-13)17-5-2/h6-9,12H,4-5,10-11,15H2,1-3H3. The highest BCUT2D eigenvalue weighted by molar-refractivity contribution is 7.99. The van der Waals surface area contributed by atoms with E-state index >= 15 is 0 Å². The summed E-state index contributed by atoms with van der Waals surface area (Å²) in [6, 6.07) is 8.79. The summed E-state index contributed by atoms with van der Waals surface area (Å²) in [6.07, 6.45) is 1.14. The van der Waals surface area contributed by atoms with Crippen molar-refractivity contribution in [3.05, 3.63) is 24.3 Å². The SMILES string of the molecule is CCSc1ccc(N(C)CC(CC)CN)cc1. The topological polar surface area (TPSA) is 29.3 Å². The third kappa shape index (κ3) is 4.60. The van der Waals surface area contributed by atoms with E-state index in [9.17, 15) is 0 Å². The van der Waals surface area contributed by atoms with E-state index in [1.165, 1.54) is 10.6 Å². The quantitative estimate of drug-likeness (QED) is 0.756. The lowest BCUT2D eigenvalue weighted by Crippen LogP contribution is -2.29. The lowest BCUT2D eigenvalue weighted by molar-refractivity contribution is 0.521. The molecule has 0 radical (unpaired) electrons. The Kier molecular flexibility index (Phi) is 6.45. The van der Waals surface area contributed by atoms with Crippen LogP contribution in [0.25, 0.3) is 0 Å². The third-order valence-corrected chi connectivity index (χ3v) is 3.93. The highest BCUT2D eigenvalue weighted by Gasteiger charge is 2.08. The summed E-state index contributed by atoms with van der Waals surface area (Å²) >= 11 is 1.88. The Bertz CT molecular complexity index is 307. The van der Waals surface area contributed by atoms with Crippen molar-refractivity contribution in [2.75, 3.05) is 30.8 Å². The number of thioether (sulfide) groups is 1. The maximum Gasteiger partial charge on any atom is 0.0364 e. The summed E-state index contributed by atoms with van der Waals surface area (Å²) in [5, 5.41) is 0. The lowest BCUT2D eigenvalue weighted by atomic mass is 10.1. The fraction of sp³-hybridized carbons (Fsp3) is 0.571. The van der Waals surface area contributed by atoms with Crippen molar-refractivity contribution in [1.29, 1.82) is 0 Å². The monoisotopic (exact) mass is 252 g/mol. The van der Waals surface area contributed by atoms with Gasteiger partial charge in [-0.1, -0.05) is 20.3 Å². The van der Waals surface area contributed by atoms with Crippen molar-refractivity contribution < 1.29 is 0 Å². The fourth-order valence-corrected chi connectivity index (χ4v) is 2.49. The first kappa shape index (κ1) is 14.4. The second-order valence-corrected chi connectivity index (χ2v) is 5.65. The van der Waals surface area contributed by atoms with E-state index in [1.54, 1.807) is 0 Å². The molecular weight excluding hydrogens is 228 g/mol. The average Bonchev–Trinajstić information content (AvgIpc) is 2.37. The van der Waals surface area contributed by atoms with Gasteiger partial charge in [0.1, 0.15) is 0 Å². The van der Waals surface area contributed by atoms with Crippen LogP contribution in [-0.4, -0.2) is 25.9 Å². The number of benzene rings is 1. The number of rotatable bonds is 7. The van der Waals surface area contributed by atoms with Crippen molar-refractivity contribution in [1.82, 2.24) is 0 Å². The van der Waals surface area contributed by atoms with Gasteiger partial charge in [-0.3, -0.25) is 0 Å². The molecule has 0 aliphatic rings. The zero-order chi connectivity index (χ0) is 12.7. The minimum Gasteiger partial charge on any atom is -0.374 e. The minimum atomic E-state index is 0.588. The normalized spacial score (nSPS) is 12.5. The van der Waals surface area contributed by atoms with Gasteiger partial charge in [0.05, 0.1) is 0 Å². The summed E-state index contributed by atoms with van der Waals surface area (Å²) in [6.45, 7) is 6.18. The molecule has 1 aromatic carbocycles. The molecule has 96 valence electrons. The Morgan fingerprint density at radius 1 is 1.24 bits per heavy atom. The molecule has 17 heavy (non-hydrogen) atoms. The van der Waals surface area contributed by atoms with E-state index in [2.05, 4.69) is 50.1 Å². The molecule has 1 rings (SSSR count). The van der Waals surface area contributed by atoms with Gasteiger partial charge in [-0.05, 0) is 42.5 Å². The summed E-state index contributed by atoms with van der Waals surface area (Å²) in [7, 11) is 2.14. The van der Waals surface area contributed by atoms with Gasteiger partial charge >= 0.3 is 0 Å². The summed E-state index contributed by atoms with van der Waals surface area (Å²) in [4.78, 5) is 3.64. The molecule has 0 bridgehead atoms. The molecule has 0 saturated carbocycles. The largest absolute Gasteiger partial charge is 0.374 e. The molecule has 0 heterocycles. The van der Waals surface area contributed by atoms with Gasteiger partial charge in [0, 0.05) is 24.2 Å². The molecule has 0 aromatic heterocycles. The molecule has 0 aliphatic heterocycles. The second-order valence-electron chi connectivity index (χ2n) is 4.32. The highest BCUT2D eigenvalue weighted by Crippen LogP contribution is 2.22. The van der Waals surface area contributed by atoms with E-state index in [-0.39, 0.29) is 0 Å². The first-order valence-electron chi connectivity index (χ1n) is 6.35. The van der Waals surface area contributed by atoms with Crippen molar-refractivity contribution in [2.24, 2.45) is 11.7 Å². The van der Waals surface area contributed by atoms with Gasteiger partial charge in [-0.2, -0.15) is 0 Å². The minimum absolute atomic E-state index is 0.588. The predicted octanol–water partition coefficient (Wildman–Crippen LogP) is 3.22. The maximum atomic E-state index is 5.74. The van der Waals surface area contributed by atoms with Crippen molar-refractivity contribution >= 4 is 17.4 Å². The molecule has 0 saturated heterocycles. The van der Waals surface area contributed by atoms with Crippen LogP contribution in [0.4, 0.5) is 5.69 Å². The highest BCUT2D eigenvalue weighted by atomic mass is 32.2. The average molecular weight is 252 g/mol. The van der Waals surface area contributed by atoms with E-state index in [0.717, 1.165) is 25.3 Å². The van der Waals surface area contributed by atoms with Crippen LogP contribution in [0.3, 0.4) is 0 Å². The van der Waals surface area contributed by atoms with Crippen LogP contribution in [0.2, 0.25) is 0 Å². The van der Waals surface area contributed by atoms with E-state index < -0.39 is 0 Å². The summed E-state index contributed by atoms with van der Waals surface area (Å²) in [5.41, 5.74) is 7.02. The van der Waals surface area contributed by atoms with E-state index in [4.69, 9.17) is 5.73 Å². The Morgan fingerprint density at radius 2 is 1.88 bits per heavy atom. The van der Waals surface area contributed by atoms with E-state index in [0.29, 0.717) is 5.92 Å². The van der Waals surface area contributed by atoms with Crippen molar-refractivity contribution in [2.45, 2.75) is 25.2 Å². The molecule has 2 nitrogen and oxygen atoms in total. The van der Waals surface area contributed by atoms with E-state index in [1.807, 2.05) is 11.8 Å². The second kappa shape index (κ2) is 7.62. The van der Waals surface area contributed by atoms with Crippen LogP contribution in [0.15, 0.2) is 29.2 Å². The first-order chi connectivity index (χ1) is 8.21. The number of hydrogen-bond acceptors (Lipinski definition) is 3. The Balaban J connectivity index is 2.59. The van der Waals surface area contributed by atoms with Gasteiger partial charge in [0.2, 0.25) is 0 Å². The maximum absolute atomic E-state index is 5.74.